The van der Waals surface area contributed by atoms with Crippen LogP contribution in [-0.4, -0.2) is 41.3 Å². The normalized spacial score (nSPS) is 16.8. The Kier molecular flexibility index (Phi) is 6.16. The third-order valence-corrected chi connectivity index (χ3v) is 4.82. The van der Waals surface area contributed by atoms with Crippen LogP contribution in [0.25, 0.3) is 0 Å². The molecule has 2 amide bonds. The molecular weight excluding hydrogens is 345 g/mol. The number of hydrogen-bond donors (Lipinski definition) is 1. The van der Waals surface area contributed by atoms with Crippen molar-refractivity contribution in [3.63, 3.8) is 0 Å². The standard InChI is InChI=1S/C21H24FN3O2/c1-15-5-4-12-25(14-15)21(27)17-9-10-23-19(13-17)20(26)24-11-8-16-6-2-3-7-18(16)22/h2-3,6-7,9-10,13,15H,4-5,8,11-12,14H2,1H3,(H,24,26). The quantitative estimate of drug-likeness (QED) is 0.881. The first-order valence-electron chi connectivity index (χ1n) is 9.31. The van der Waals surface area contributed by atoms with Crippen molar-refractivity contribution in [3.05, 3.63) is 65.2 Å². The average molecular weight is 369 g/mol. The number of nitrogens with zero attached hydrogens (tertiary/aromatic N) is 2. The number of carbonyl (C=O) groups excluding carboxylic acids is 2. The van der Waals surface area contributed by atoms with Gasteiger partial charge in [0.2, 0.25) is 0 Å². The number of halogens is 1. The molecule has 1 aliphatic rings. The van der Waals surface area contributed by atoms with E-state index >= 15 is 0 Å². The summed E-state index contributed by atoms with van der Waals surface area (Å²) in [5.41, 5.74) is 1.21. The minimum absolute atomic E-state index is 0.0654. The van der Waals surface area contributed by atoms with Gasteiger partial charge in [0.25, 0.3) is 11.8 Å². The third-order valence-electron chi connectivity index (χ3n) is 4.82. The Morgan fingerprint density at radius 2 is 2.11 bits per heavy atom. The number of carbonyl (C=O) groups is 2. The Balaban J connectivity index is 1.60. The van der Waals surface area contributed by atoms with Gasteiger partial charge in [0.15, 0.2) is 0 Å². The summed E-state index contributed by atoms with van der Waals surface area (Å²) in [6, 6.07) is 9.65. The van der Waals surface area contributed by atoms with Gasteiger partial charge in [-0.25, -0.2) is 4.39 Å². The monoisotopic (exact) mass is 369 g/mol. The molecule has 27 heavy (non-hydrogen) atoms. The second-order valence-electron chi connectivity index (χ2n) is 7.03. The topological polar surface area (TPSA) is 62.3 Å². The zero-order valence-electron chi connectivity index (χ0n) is 15.5. The lowest BCUT2D eigenvalue weighted by Crippen LogP contribution is -2.39. The number of pyridine rings is 1. The Morgan fingerprint density at radius 3 is 2.89 bits per heavy atom. The van der Waals surface area contributed by atoms with Crippen LogP contribution >= 0.6 is 0 Å². The lowest BCUT2D eigenvalue weighted by molar-refractivity contribution is 0.0683. The summed E-state index contributed by atoms with van der Waals surface area (Å²) >= 11 is 0. The van der Waals surface area contributed by atoms with Crippen molar-refractivity contribution in [2.75, 3.05) is 19.6 Å². The number of amides is 2. The smallest absolute Gasteiger partial charge is 0.269 e. The van der Waals surface area contributed by atoms with E-state index in [4.69, 9.17) is 0 Å². The van der Waals surface area contributed by atoms with E-state index in [2.05, 4.69) is 17.2 Å². The summed E-state index contributed by atoms with van der Waals surface area (Å²) in [5, 5.41) is 2.73. The second kappa shape index (κ2) is 8.75. The van der Waals surface area contributed by atoms with Crippen molar-refractivity contribution >= 4 is 11.8 Å². The molecule has 1 saturated heterocycles. The summed E-state index contributed by atoms with van der Waals surface area (Å²) in [6.07, 6.45) is 4.01. The maximum absolute atomic E-state index is 13.6. The molecule has 1 atom stereocenters. The van der Waals surface area contributed by atoms with Gasteiger partial charge in [0.1, 0.15) is 11.5 Å². The van der Waals surface area contributed by atoms with Crippen molar-refractivity contribution in [1.29, 1.82) is 0 Å². The highest BCUT2D eigenvalue weighted by Gasteiger charge is 2.22. The molecule has 0 spiro atoms. The van der Waals surface area contributed by atoms with E-state index in [1.165, 1.54) is 18.3 Å². The highest BCUT2D eigenvalue weighted by molar-refractivity contribution is 5.98. The van der Waals surface area contributed by atoms with Crippen LogP contribution < -0.4 is 5.32 Å². The van der Waals surface area contributed by atoms with E-state index in [0.29, 0.717) is 30.0 Å². The molecule has 6 heteroatoms. The predicted molar refractivity (Wildman–Crippen MR) is 101 cm³/mol. The molecule has 0 radical (unpaired) electrons. The first kappa shape index (κ1) is 19.0. The summed E-state index contributed by atoms with van der Waals surface area (Å²) < 4.78 is 13.6. The number of aromatic nitrogens is 1. The van der Waals surface area contributed by atoms with Gasteiger partial charge in [0, 0.05) is 31.4 Å². The van der Waals surface area contributed by atoms with Gasteiger partial charge in [-0.1, -0.05) is 25.1 Å². The minimum Gasteiger partial charge on any atom is -0.350 e. The molecule has 1 aromatic carbocycles. The summed E-state index contributed by atoms with van der Waals surface area (Å²) in [6.45, 7) is 3.92. The molecule has 1 N–H and O–H groups in total. The molecule has 5 nitrogen and oxygen atoms in total. The van der Waals surface area contributed by atoms with E-state index in [-0.39, 0.29) is 23.3 Å². The van der Waals surface area contributed by atoms with E-state index < -0.39 is 0 Å². The SMILES string of the molecule is CC1CCCN(C(=O)c2ccnc(C(=O)NCCc3ccccc3F)c2)C1. The van der Waals surface area contributed by atoms with Crippen LogP contribution in [0.3, 0.4) is 0 Å². The number of piperidine rings is 1. The van der Waals surface area contributed by atoms with Crippen LogP contribution in [0.5, 0.6) is 0 Å². The number of hydrogen-bond acceptors (Lipinski definition) is 3. The Bertz CT molecular complexity index is 825. The Hall–Kier alpha value is -2.76. The van der Waals surface area contributed by atoms with Gasteiger partial charge in [0.05, 0.1) is 0 Å². The minimum atomic E-state index is -0.368. The van der Waals surface area contributed by atoms with E-state index in [0.717, 1.165) is 25.9 Å². The van der Waals surface area contributed by atoms with Gasteiger partial charge in [-0.05, 0) is 48.9 Å². The number of likely N-dealkylation sites (tertiary alicyclic amines) is 1. The van der Waals surface area contributed by atoms with E-state index in [9.17, 15) is 14.0 Å². The molecule has 1 fully saturated rings. The highest BCUT2D eigenvalue weighted by atomic mass is 19.1. The Morgan fingerprint density at radius 1 is 1.30 bits per heavy atom. The summed E-state index contributed by atoms with van der Waals surface area (Å²) in [5.74, 6) is -0.226. The fraction of sp³-hybridized carbons (Fsp3) is 0.381. The maximum atomic E-state index is 13.6. The summed E-state index contributed by atoms with van der Waals surface area (Å²) in [4.78, 5) is 30.9. The molecule has 0 saturated carbocycles. The molecule has 142 valence electrons. The van der Waals surface area contributed by atoms with Gasteiger partial charge in [-0.15, -0.1) is 0 Å². The Labute approximate surface area is 158 Å². The lowest BCUT2D eigenvalue weighted by Gasteiger charge is -2.31. The number of benzene rings is 1. The van der Waals surface area contributed by atoms with Crippen molar-refractivity contribution in [1.82, 2.24) is 15.2 Å². The average Bonchev–Trinajstić information content (AvgIpc) is 2.69. The third kappa shape index (κ3) is 4.90. The van der Waals surface area contributed by atoms with Crippen LogP contribution in [0.15, 0.2) is 42.6 Å². The largest absolute Gasteiger partial charge is 0.350 e. The van der Waals surface area contributed by atoms with E-state index in [1.807, 2.05) is 4.90 Å². The van der Waals surface area contributed by atoms with Gasteiger partial charge >= 0.3 is 0 Å². The van der Waals surface area contributed by atoms with Crippen LogP contribution in [0.2, 0.25) is 0 Å². The first-order valence-corrected chi connectivity index (χ1v) is 9.31. The highest BCUT2D eigenvalue weighted by Crippen LogP contribution is 2.18. The zero-order chi connectivity index (χ0) is 19.2. The molecule has 2 heterocycles. The molecule has 1 aliphatic heterocycles. The molecule has 1 unspecified atom stereocenters. The fourth-order valence-electron chi connectivity index (χ4n) is 3.35. The number of rotatable bonds is 5. The first-order chi connectivity index (χ1) is 13.0. The molecule has 2 aromatic rings. The zero-order valence-corrected chi connectivity index (χ0v) is 15.5. The van der Waals surface area contributed by atoms with Crippen molar-refractivity contribution in [2.45, 2.75) is 26.2 Å². The maximum Gasteiger partial charge on any atom is 0.269 e. The van der Waals surface area contributed by atoms with Crippen molar-refractivity contribution < 1.29 is 14.0 Å². The molecular formula is C21H24FN3O2. The van der Waals surface area contributed by atoms with Gasteiger partial charge < -0.3 is 10.2 Å². The van der Waals surface area contributed by atoms with Gasteiger partial charge in [-0.2, -0.15) is 0 Å². The van der Waals surface area contributed by atoms with Crippen molar-refractivity contribution in [3.8, 4) is 0 Å². The fourth-order valence-corrected chi connectivity index (χ4v) is 3.35. The molecule has 1 aromatic heterocycles. The molecule has 0 bridgehead atoms. The van der Waals surface area contributed by atoms with Crippen LogP contribution in [-0.2, 0) is 6.42 Å². The van der Waals surface area contributed by atoms with Gasteiger partial charge in [-0.3, -0.25) is 14.6 Å². The predicted octanol–water partition coefficient (Wildman–Crippen LogP) is 3.07. The molecule has 0 aliphatic carbocycles. The summed E-state index contributed by atoms with van der Waals surface area (Å²) in [7, 11) is 0. The van der Waals surface area contributed by atoms with Crippen LogP contribution in [0.4, 0.5) is 4.39 Å². The van der Waals surface area contributed by atoms with Crippen LogP contribution in [0, 0.1) is 11.7 Å². The van der Waals surface area contributed by atoms with E-state index in [1.54, 1.807) is 24.3 Å². The van der Waals surface area contributed by atoms with Crippen molar-refractivity contribution in [2.24, 2.45) is 5.92 Å². The number of nitrogens with one attached hydrogen (secondary N) is 1. The molecule has 3 rings (SSSR count). The second-order valence-corrected chi connectivity index (χ2v) is 7.03. The van der Waals surface area contributed by atoms with Crippen LogP contribution in [0.1, 0.15) is 46.2 Å². The lowest BCUT2D eigenvalue weighted by atomic mass is 9.99.